The third-order valence-corrected chi connectivity index (χ3v) is 4.61. The summed E-state index contributed by atoms with van der Waals surface area (Å²) in [6.07, 6.45) is 1.93. The van der Waals surface area contributed by atoms with Crippen molar-refractivity contribution in [3.63, 3.8) is 0 Å². The van der Waals surface area contributed by atoms with Crippen molar-refractivity contribution in [3.05, 3.63) is 60.2 Å². The number of ether oxygens (including phenoxy) is 1. The minimum absolute atomic E-state index is 0.218. The maximum atomic E-state index is 12.2. The molecule has 0 spiro atoms. The van der Waals surface area contributed by atoms with E-state index in [1.165, 1.54) is 11.8 Å². The third kappa shape index (κ3) is 3.10. The Hall–Kier alpha value is -2.46. The van der Waals surface area contributed by atoms with Crippen molar-refractivity contribution in [2.75, 3.05) is 12.9 Å². The van der Waals surface area contributed by atoms with E-state index < -0.39 is 0 Å². The highest BCUT2D eigenvalue weighted by Crippen LogP contribution is 2.37. The van der Waals surface area contributed by atoms with Crippen molar-refractivity contribution in [1.29, 1.82) is 0 Å². The number of phenols is 1. The maximum Gasteiger partial charge on any atom is 0.338 e. The smallest absolute Gasteiger partial charge is 0.338 e. The van der Waals surface area contributed by atoms with Gasteiger partial charge in [0.15, 0.2) is 0 Å². The predicted molar refractivity (Wildman–Crippen MR) is 98.8 cm³/mol. The van der Waals surface area contributed by atoms with Gasteiger partial charge in [0.2, 0.25) is 0 Å². The Morgan fingerprint density at radius 1 is 1.12 bits per heavy atom. The van der Waals surface area contributed by atoms with Crippen LogP contribution in [-0.2, 0) is 4.74 Å². The molecule has 0 saturated heterocycles. The molecule has 3 nitrogen and oxygen atoms in total. The molecule has 3 aromatic carbocycles. The lowest BCUT2D eigenvalue weighted by atomic mass is 9.95. The van der Waals surface area contributed by atoms with Gasteiger partial charge in [-0.1, -0.05) is 30.3 Å². The SMILES string of the molecule is CCOC(=O)c1cc(-c2ccccc2)c2cc(SC)c(O)cc2c1. The van der Waals surface area contributed by atoms with Gasteiger partial charge in [0.1, 0.15) is 5.75 Å². The Kier molecular flexibility index (Phi) is 4.76. The van der Waals surface area contributed by atoms with Crippen LogP contribution in [0.1, 0.15) is 17.3 Å². The van der Waals surface area contributed by atoms with Crippen molar-refractivity contribution >= 4 is 28.5 Å². The van der Waals surface area contributed by atoms with Crippen LogP contribution in [0, 0.1) is 0 Å². The lowest BCUT2D eigenvalue weighted by molar-refractivity contribution is 0.0526. The second-order valence-electron chi connectivity index (χ2n) is 5.36. The van der Waals surface area contributed by atoms with E-state index in [9.17, 15) is 9.90 Å². The molecule has 0 radical (unpaired) electrons. The van der Waals surface area contributed by atoms with E-state index in [0.717, 1.165) is 26.8 Å². The Labute approximate surface area is 145 Å². The van der Waals surface area contributed by atoms with E-state index in [4.69, 9.17) is 4.74 Å². The van der Waals surface area contributed by atoms with Gasteiger partial charge in [0.25, 0.3) is 0 Å². The molecule has 0 aliphatic carbocycles. The fourth-order valence-electron chi connectivity index (χ4n) is 2.73. The van der Waals surface area contributed by atoms with Crippen molar-refractivity contribution in [3.8, 4) is 16.9 Å². The van der Waals surface area contributed by atoms with Gasteiger partial charge >= 0.3 is 5.97 Å². The van der Waals surface area contributed by atoms with Crippen LogP contribution in [0.4, 0.5) is 0 Å². The van der Waals surface area contributed by atoms with Gasteiger partial charge in [-0.25, -0.2) is 4.79 Å². The minimum Gasteiger partial charge on any atom is -0.507 e. The zero-order valence-electron chi connectivity index (χ0n) is 13.6. The molecule has 0 atom stereocenters. The Balaban J connectivity index is 2.30. The molecule has 24 heavy (non-hydrogen) atoms. The maximum absolute atomic E-state index is 12.2. The first kappa shape index (κ1) is 16.4. The lowest BCUT2D eigenvalue weighted by Crippen LogP contribution is -2.05. The molecule has 3 aromatic rings. The number of aromatic hydroxyl groups is 1. The average Bonchev–Trinajstić information content (AvgIpc) is 2.61. The lowest BCUT2D eigenvalue weighted by Gasteiger charge is -2.12. The quantitative estimate of drug-likeness (QED) is 0.530. The van der Waals surface area contributed by atoms with Gasteiger partial charge in [-0.2, -0.15) is 0 Å². The first-order valence-electron chi connectivity index (χ1n) is 7.71. The summed E-state index contributed by atoms with van der Waals surface area (Å²) in [6, 6.07) is 17.2. The number of carbonyl (C=O) groups is 1. The Bertz CT molecular complexity index is 888. The van der Waals surface area contributed by atoms with E-state index >= 15 is 0 Å². The summed E-state index contributed by atoms with van der Waals surface area (Å²) >= 11 is 1.49. The monoisotopic (exact) mass is 338 g/mol. The van der Waals surface area contributed by atoms with Crippen LogP contribution >= 0.6 is 11.8 Å². The Morgan fingerprint density at radius 3 is 2.54 bits per heavy atom. The standard InChI is InChI=1S/C20H18O3S/c1-3-23-20(22)15-9-14-11-18(21)19(24-2)12-17(14)16(10-15)13-7-5-4-6-8-13/h4-12,21H,3H2,1-2H3. The molecule has 4 heteroatoms. The normalized spacial score (nSPS) is 10.8. The van der Waals surface area contributed by atoms with Crippen LogP contribution in [0.25, 0.3) is 21.9 Å². The molecule has 0 aliphatic heterocycles. The second-order valence-corrected chi connectivity index (χ2v) is 6.20. The molecule has 0 amide bonds. The molecule has 0 bridgehead atoms. The molecular formula is C20H18O3S. The number of benzene rings is 3. The average molecular weight is 338 g/mol. The highest BCUT2D eigenvalue weighted by atomic mass is 32.2. The van der Waals surface area contributed by atoms with Crippen molar-refractivity contribution in [2.24, 2.45) is 0 Å². The zero-order chi connectivity index (χ0) is 17.1. The van der Waals surface area contributed by atoms with Crippen molar-refractivity contribution in [2.45, 2.75) is 11.8 Å². The van der Waals surface area contributed by atoms with Gasteiger partial charge in [-0.3, -0.25) is 0 Å². The fourth-order valence-corrected chi connectivity index (χ4v) is 3.24. The van der Waals surface area contributed by atoms with E-state index in [1.54, 1.807) is 19.1 Å². The largest absolute Gasteiger partial charge is 0.507 e. The zero-order valence-corrected chi connectivity index (χ0v) is 14.4. The van der Waals surface area contributed by atoms with Gasteiger partial charge < -0.3 is 9.84 Å². The molecule has 1 N–H and O–H groups in total. The van der Waals surface area contributed by atoms with Crippen LogP contribution < -0.4 is 0 Å². The first-order valence-corrected chi connectivity index (χ1v) is 8.93. The van der Waals surface area contributed by atoms with E-state index in [2.05, 4.69) is 0 Å². The van der Waals surface area contributed by atoms with E-state index in [1.807, 2.05) is 48.7 Å². The summed E-state index contributed by atoms with van der Waals surface area (Å²) in [5.74, 6) is -0.139. The molecule has 0 aliphatic rings. The number of esters is 1. The summed E-state index contributed by atoms with van der Waals surface area (Å²) in [4.78, 5) is 13.0. The molecule has 0 aromatic heterocycles. The van der Waals surface area contributed by atoms with Gasteiger partial charge in [-0.05, 0) is 59.3 Å². The van der Waals surface area contributed by atoms with E-state index in [0.29, 0.717) is 12.2 Å². The number of hydrogen-bond donors (Lipinski definition) is 1. The Morgan fingerprint density at radius 2 is 1.88 bits per heavy atom. The van der Waals surface area contributed by atoms with Gasteiger partial charge in [0.05, 0.1) is 12.2 Å². The molecule has 0 unspecified atom stereocenters. The van der Waals surface area contributed by atoms with Crippen LogP contribution in [0.3, 0.4) is 0 Å². The number of fused-ring (bicyclic) bond motifs is 1. The van der Waals surface area contributed by atoms with Gasteiger partial charge in [0, 0.05) is 4.90 Å². The summed E-state index contributed by atoms with van der Waals surface area (Å²) in [5.41, 5.74) is 2.46. The van der Waals surface area contributed by atoms with Crippen LogP contribution in [-0.4, -0.2) is 23.9 Å². The van der Waals surface area contributed by atoms with E-state index in [-0.39, 0.29) is 11.7 Å². The molecular weight excluding hydrogens is 320 g/mol. The molecule has 0 fully saturated rings. The summed E-state index contributed by atoms with van der Waals surface area (Å²) < 4.78 is 5.14. The van der Waals surface area contributed by atoms with Crippen molar-refractivity contribution < 1.29 is 14.6 Å². The minimum atomic E-state index is -0.356. The number of rotatable bonds is 4. The molecule has 0 heterocycles. The summed E-state index contributed by atoms with van der Waals surface area (Å²) in [6.45, 7) is 2.11. The number of phenolic OH excluding ortho intramolecular Hbond substituents is 1. The summed E-state index contributed by atoms with van der Waals surface area (Å²) in [5, 5.41) is 12.0. The van der Waals surface area contributed by atoms with Crippen LogP contribution in [0.2, 0.25) is 0 Å². The topological polar surface area (TPSA) is 46.5 Å². The van der Waals surface area contributed by atoms with Crippen molar-refractivity contribution in [1.82, 2.24) is 0 Å². The highest BCUT2D eigenvalue weighted by Gasteiger charge is 2.14. The third-order valence-electron chi connectivity index (χ3n) is 3.85. The number of carbonyl (C=O) groups excluding carboxylic acids is 1. The molecule has 122 valence electrons. The summed E-state index contributed by atoms with van der Waals surface area (Å²) in [7, 11) is 0. The molecule has 3 rings (SSSR count). The fraction of sp³-hybridized carbons (Fsp3) is 0.150. The second kappa shape index (κ2) is 6.97. The van der Waals surface area contributed by atoms with Gasteiger partial charge in [-0.15, -0.1) is 11.8 Å². The number of thioether (sulfide) groups is 1. The molecule has 0 saturated carbocycles. The number of hydrogen-bond acceptors (Lipinski definition) is 4. The van der Waals surface area contributed by atoms with Crippen LogP contribution in [0.5, 0.6) is 5.75 Å². The van der Waals surface area contributed by atoms with Crippen LogP contribution in [0.15, 0.2) is 59.5 Å². The highest BCUT2D eigenvalue weighted by molar-refractivity contribution is 7.98. The predicted octanol–water partition coefficient (Wildman–Crippen LogP) is 5.11. The first-order chi connectivity index (χ1) is 11.6.